The first-order valence-electron chi connectivity index (χ1n) is 4.29. The van der Waals surface area contributed by atoms with Gasteiger partial charge in [0.2, 0.25) is 0 Å². The minimum Gasteiger partial charge on any atom is -0.409 e. The van der Waals surface area contributed by atoms with Gasteiger partial charge in [0.05, 0.1) is 19.3 Å². The summed E-state index contributed by atoms with van der Waals surface area (Å²) in [6.07, 6.45) is 2.38. The van der Waals surface area contributed by atoms with Gasteiger partial charge in [0, 0.05) is 0 Å². The van der Waals surface area contributed by atoms with Gasteiger partial charge in [-0.1, -0.05) is 11.3 Å². The average molecular weight is 186 g/mol. The lowest BCUT2D eigenvalue weighted by molar-refractivity contribution is 0.0563. The Labute approximate surface area is 77.9 Å². The predicted octanol–water partition coefficient (Wildman–Crippen LogP) is 1.97. The molecule has 70 valence electrons. The standard InChI is InChI=1S/C9H18O2Si/c1-5-9(4)12-11-7-6-10-8(2)3/h5,8H,6-7H2,1-4H3/b9-5+. The molecule has 0 saturated carbocycles. The van der Waals surface area contributed by atoms with Crippen LogP contribution in [0.4, 0.5) is 0 Å². The van der Waals surface area contributed by atoms with E-state index >= 15 is 0 Å². The molecule has 3 heteroatoms. The van der Waals surface area contributed by atoms with Gasteiger partial charge in [0.15, 0.2) is 0 Å². The highest BCUT2D eigenvalue weighted by atomic mass is 28.2. The highest BCUT2D eigenvalue weighted by molar-refractivity contribution is 6.37. The molecule has 0 fully saturated rings. The van der Waals surface area contributed by atoms with Crippen LogP contribution in [0.5, 0.6) is 0 Å². The molecule has 0 aliphatic rings. The molecule has 0 rings (SSSR count). The molecule has 0 unspecified atom stereocenters. The van der Waals surface area contributed by atoms with Crippen molar-refractivity contribution in [3.8, 4) is 0 Å². The molecule has 2 radical (unpaired) electrons. The molecular formula is C9H18O2Si. The van der Waals surface area contributed by atoms with E-state index in [9.17, 15) is 0 Å². The monoisotopic (exact) mass is 186 g/mol. The SMILES string of the molecule is C/C=C(\C)[Si]OCCOC(C)C. The first kappa shape index (κ1) is 11.9. The van der Waals surface area contributed by atoms with Crippen LogP contribution in [0.25, 0.3) is 0 Å². The number of rotatable bonds is 6. The molecule has 0 aromatic carbocycles. The molecule has 0 atom stereocenters. The molecule has 0 aromatic heterocycles. The number of hydrogen-bond acceptors (Lipinski definition) is 2. The normalized spacial score (nSPS) is 12.6. The molecule has 0 aromatic rings. The van der Waals surface area contributed by atoms with Crippen LogP contribution in [0.1, 0.15) is 27.7 Å². The molecule has 0 aliphatic heterocycles. The maximum Gasteiger partial charge on any atom is 0.263 e. The number of ether oxygens (including phenoxy) is 1. The van der Waals surface area contributed by atoms with Gasteiger partial charge in [-0.2, -0.15) is 0 Å². The second kappa shape index (κ2) is 7.52. The molecule has 12 heavy (non-hydrogen) atoms. The Kier molecular flexibility index (Phi) is 7.44. The Morgan fingerprint density at radius 2 is 2.08 bits per heavy atom. The fourth-order valence-corrected chi connectivity index (χ4v) is 1.08. The molecule has 0 amide bonds. The molecule has 2 nitrogen and oxygen atoms in total. The highest BCUT2D eigenvalue weighted by Crippen LogP contribution is 1.90. The molecule has 0 heterocycles. The summed E-state index contributed by atoms with van der Waals surface area (Å²) >= 11 is 0. The van der Waals surface area contributed by atoms with Crippen LogP contribution in [0, 0.1) is 0 Å². The lowest BCUT2D eigenvalue weighted by atomic mass is 10.5. The average Bonchev–Trinajstić information content (AvgIpc) is 2.03. The van der Waals surface area contributed by atoms with Crippen LogP contribution < -0.4 is 0 Å². The van der Waals surface area contributed by atoms with E-state index in [1.165, 1.54) is 5.20 Å². The number of hydrogen-bond donors (Lipinski definition) is 0. The molecule has 0 saturated heterocycles. The summed E-state index contributed by atoms with van der Waals surface area (Å²) < 4.78 is 10.7. The van der Waals surface area contributed by atoms with Gasteiger partial charge in [-0.15, -0.1) is 0 Å². The summed E-state index contributed by atoms with van der Waals surface area (Å²) in [5.74, 6) is 0. The summed E-state index contributed by atoms with van der Waals surface area (Å²) in [6, 6.07) is 0. The number of allylic oxidation sites excluding steroid dienone is 2. The van der Waals surface area contributed by atoms with E-state index < -0.39 is 0 Å². The minimum absolute atomic E-state index is 0.305. The lowest BCUT2D eigenvalue weighted by Gasteiger charge is -2.07. The van der Waals surface area contributed by atoms with E-state index in [4.69, 9.17) is 9.16 Å². The van der Waals surface area contributed by atoms with Gasteiger partial charge in [-0.25, -0.2) is 0 Å². The summed E-state index contributed by atoms with van der Waals surface area (Å²) in [4.78, 5) is 0. The second-order valence-electron chi connectivity index (χ2n) is 2.84. The van der Waals surface area contributed by atoms with Gasteiger partial charge in [-0.05, 0) is 27.7 Å². The van der Waals surface area contributed by atoms with E-state index in [0.717, 1.165) is 0 Å². The first-order chi connectivity index (χ1) is 5.66. The van der Waals surface area contributed by atoms with Crippen molar-refractivity contribution >= 4 is 9.76 Å². The fourth-order valence-electron chi connectivity index (χ4n) is 0.549. The van der Waals surface area contributed by atoms with Crippen LogP contribution >= 0.6 is 0 Å². The largest absolute Gasteiger partial charge is 0.409 e. The van der Waals surface area contributed by atoms with Crippen molar-refractivity contribution in [2.75, 3.05) is 13.2 Å². The van der Waals surface area contributed by atoms with Crippen LogP contribution in [-0.4, -0.2) is 29.1 Å². The third kappa shape index (κ3) is 7.98. The first-order valence-corrected chi connectivity index (χ1v) is 5.20. The molecule has 0 spiro atoms. The van der Waals surface area contributed by atoms with E-state index in [-0.39, 0.29) is 0 Å². The zero-order chi connectivity index (χ0) is 9.40. The van der Waals surface area contributed by atoms with E-state index in [2.05, 4.69) is 13.0 Å². The zero-order valence-corrected chi connectivity index (χ0v) is 9.39. The van der Waals surface area contributed by atoms with Gasteiger partial charge in [0.25, 0.3) is 9.76 Å². The third-order valence-corrected chi connectivity index (χ3v) is 2.26. The fraction of sp³-hybridized carbons (Fsp3) is 0.778. The molecule has 0 bridgehead atoms. The van der Waals surface area contributed by atoms with Crippen molar-refractivity contribution in [2.24, 2.45) is 0 Å². The molecule has 0 aliphatic carbocycles. The Balaban J connectivity index is 3.11. The summed E-state index contributed by atoms with van der Waals surface area (Å²) in [5, 5.41) is 1.29. The van der Waals surface area contributed by atoms with Crippen LogP contribution in [0.15, 0.2) is 11.3 Å². The minimum atomic E-state index is 0.305. The van der Waals surface area contributed by atoms with Crippen LogP contribution in [-0.2, 0) is 9.16 Å². The van der Waals surface area contributed by atoms with E-state index in [1.54, 1.807) is 0 Å². The highest BCUT2D eigenvalue weighted by Gasteiger charge is 1.94. The quantitative estimate of drug-likeness (QED) is 0.466. The summed E-state index contributed by atoms with van der Waals surface area (Å²) in [6.45, 7) is 9.54. The Bertz CT molecular complexity index is 132. The Hall–Kier alpha value is -0.123. The maximum absolute atomic E-state index is 5.37. The van der Waals surface area contributed by atoms with Gasteiger partial charge in [-0.3, -0.25) is 0 Å². The van der Waals surface area contributed by atoms with Crippen molar-refractivity contribution in [3.63, 3.8) is 0 Å². The van der Waals surface area contributed by atoms with E-state index in [1.807, 2.05) is 20.8 Å². The van der Waals surface area contributed by atoms with Crippen molar-refractivity contribution in [1.82, 2.24) is 0 Å². The zero-order valence-electron chi connectivity index (χ0n) is 8.39. The van der Waals surface area contributed by atoms with Crippen molar-refractivity contribution in [1.29, 1.82) is 0 Å². The summed E-state index contributed by atoms with van der Waals surface area (Å²) in [7, 11) is 0.491. The van der Waals surface area contributed by atoms with Gasteiger partial charge >= 0.3 is 0 Å². The maximum atomic E-state index is 5.37. The van der Waals surface area contributed by atoms with Crippen molar-refractivity contribution in [2.45, 2.75) is 33.8 Å². The van der Waals surface area contributed by atoms with Crippen molar-refractivity contribution < 1.29 is 9.16 Å². The van der Waals surface area contributed by atoms with Crippen molar-refractivity contribution in [3.05, 3.63) is 11.3 Å². The van der Waals surface area contributed by atoms with Gasteiger partial charge < -0.3 is 9.16 Å². The topological polar surface area (TPSA) is 18.5 Å². The third-order valence-electron chi connectivity index (χ3n) is 1.30. The Morgan fingerprint density at radius 1 is 1.42 bits per heavy atom. The molecule has 0 N–H and O–H groups in total. The Morgan fingerprint density at radius 3 is 2.58 bits per heavy atom. The van der Waals surface area contributed by atoms with E-state index in [0.29, 0.717) is 29.1 Å². The lowest BCUT2D eigenvalue weighted by Crippen LogP contribution is -2.11. The van der Waals surface area contributed by atoms with Gasteiger partial charge in [0.1, 0.15) is 0 Å². The smallest absolute Gasteiger partial charge is 0.263 e. The second-order valence-corrected chi connectivity index (χ2v) is 4.12. The van der Waals surface area contributed by atoms with Crippen LogP contribution in [0.2, 0.25) is 0 Å². The van der Waals surface area contributed by atoms with Crippen LogP contribution in [0.3, 0.4) is 0 Å². The summed E-state index contributed by atoms with van der Waals surface area (Å²) in [5.41, 5.74) is 0. The molecular weight excluding hydrogens is 168 g/mol. The predicted molar refractivity (Wildman–Crippen MR) is 52.2 cm³/mol.